The van der Waals surface area contributed by atoms with E-state index in [1.165, 1.54) is 37.6 Å². The molecular weight excluding hydrogens is 573 g/mol. The van der Waals surface area contributed by atoms with E-state index in [2.05, 4.69) is 20.6 Å². The Kier molecular flexibility index (Phi) is 8.25. The number of carbonyl (C=O) groups is 3. The van der Waals surface area contributed by atoms with E-state index in [1.807, 2.05) is 0 Å². The van der Waals surface area contributed by atoms with Gasteiger partial charge < -0.3 is 20.1 Å². The lowest BCUT2D eigenvalue weighted by atomic mass is 10.1. The number of fused-ring (bicyclic) bond motifs is 1. The third-order valence-electron chi connectivity index (χ3n) is 6.97. The highest BCUT2D eigenvalue weighted by molar-refractivity contribution is 6.30. The molecule has 2 aromatic carbocycles. The van der Waals surface area contributed by atoms with Crippen LogP contribution in [0.4, 0.5) is 24.5 Å². The van der Waals surface area contributed by atoms with Gasteiger partial charge >= 0.3 is 0 Å². The molecule has 0 spiro atoms. The smallest absolute Gasteiger partial charge is 0.271 e. The van der Waals surface area contributed by atoms with Crippen molar-refractivity contribution in [2.45, 2.75) is 32.5 Å². The Morgan fingerprint density at radius 2 is 1.86 bits per heavy atom. The zero-order valence-electron chi connectivity index (χ0n) is 22.2. The SMILES string of the molecule is CC(=O)c1cn(CC(=O)N2CC(=C(F)F)C[C@H]2C(=O)NCc2cccc(Cl)c2F)c2ccc(Nc3cncnc3)cc12. The van der Waals surface area contributed by atoms with Crippen molar-refractivity contribution in [3.05, 3.63) is 94.9 Å². The summed E-state index contributed by atoms with van der Waals surface area (Å²) in [6.45, 7) is 0.418. The summed E-state index contributed by atoms with van der Waals surface area (Å²) in [6, 6.07) is 8.31. The van der Waals surface area contributed by atoms with E-state index in [9.17, 15) is 27.6 Å². The predicted molar refractivity (Wildman–Crippen MR) is 150 cm³/mol. The van der Waals surface area contributed by atoms with Gasteiger partial charge in [0.25, 0.3) is 6.08 Å². The summed E-state index contributed by atoms with van der Waals surface area (Å²) >= 11 is 5.80. The molecule has 1 aliphatic heterocycles. The molecule has 0 radical (unpaired) electrons. The number of Topliss-reactive ketones (excluding diaryl/α,β-unsaturated/α-hetero) is 1. The fourth-order valence-electron chi connectivity index (χ4n) is 4.90. The number of hydrogen-bond donors (Lipinski definition) is 2. The van der Waals surface area contributed by atoms with Crippen LogP contribution in [-0.2, 0) is 22.7 Å². The second-order valence-corrected chi connectivity index (χ2v) is 10.2. The molecule has 0 saturated carbocycles. The van der Waals surface area contributed by atoms with Gasteiger partial charge in [-0.05, 0) is 31.2 Å². The average Bonchev–Trinajstić information content (AvgIpc) is 3.57. The van der Waals surface area contributed by atoms with Crippen molar-refractivity contribution in [2.24, 2.45) is 0 Å². The molecule has 2 aromatic heterocycles. The van der Waals surface area contributed by atoms with Gasteiger partial charge in [0.15, 0.2) is 5.78 Å². The van der Waals surface area contributed by atoms with Crippen LogP contribution in [0.3, 0.4) is 0 Å². The number of likely N-dealkylation sites (tertiary alicyclic amines) is 1. The number of aromatic nitrogens is 3. The van der Waals surface area contributed by atoms with Crippen molar-refractivity contribution in [1.29, 1.82) is 0 Å². The van der Waals surface area contributed by atoms with Crippen LogP contribution in [0.2, 0.25) is 5.02 Å². The zero-order valence-corrected chi connectivity index (χ0v) is 23.0. The van der Waals surface area contributed by atoms with Crippen LogP contribution in [-0.4, -0.2) is 49.6 Å². The second kappa shape index (κ2) is 12.0. The molecule has 4 aromatic rings. The van der Waals surface area contributed by atoms with Crippen LogP contribution in [0, 0.1) is 5.82 Å². The number of amides is 2. The summed E-state index contributed by atoms with van der Waals surface area (Å²) in [7, 11) is 0. The van der Waals surface area contributed by atoms with Gasteiger partial charge in [0.2, 0.25) is 11.8 Å². The van der Waals surface area contributed by atoms with Crippen molar-refractivity contribution in [3.8, 4) is 0 Å². The number of benzene rings is 2. The van der Waals surface area contributed by atoms with Crippen molar-refractivity contribution >= 4 is 51.5 Å². The first-order chi connectivity index (χ1) is 20.1. The normalized spacial score (nSPS) is 14.7. The van der Waals surface area contributed by atoms with E-state index >= 15 is 0 Å². The molecule has 1 fully saturated rings. The minimum atomic E-state index is -1.96. The maximum Gasteiger partial charge on any atom is 0.271 e. The van der Waals surface area contributed by atoms with Crippen molar-refractivity contribution in [2.75, 3.05) is 11.9 Å². The predicted octanol–water partition coefficient (Wildman–Crippen LogP) is 5.24. The maximum absolute atomic E-state index is 14.3. The van der Waals surface area contributed by atoms with Gasteiger partial charge in [0.05, 0.1) is 23.1 Å². The summed E-state index contributed by atoms with van der Waals surface area (Å²) in [6.07, 6.45) is 3.78. The third kappa shape index (κ3) is 5.98. The average molecular weight is 597 g/mol. The maximum atomic E-state index is 14.3. The fourth-order valence-corrected chi connectivity index (χ4v) is 5.09. The molecule has 0 bridgehead atoms. The van der Waals surface area contributed by atoms with E-state index in [1.54, 1.807) is 35.2 Å². The summed E-state index contributed by atoms with van der Waals surface area (Å²) in [5.41, 5.74) is 2.00. The van der Waals surface area contributed by atoms with Gasteiger partial charge in [-0.25, -0.2) is 14.4 Å². The molecule has 5 rings (SSSR count). The number of nitrogens with one attached hydrogen (secondary N) is 2. The van der Waals surface area contributed by atoms with E-state index in [4.69, 9.17) is 11.6 Å². The van der Waals surface area contributed by atoms with Crippen LogP contribution in [0.5, 0.6) is 0 Å². The number of carbonyl (C=O) groups excluding carboxylic acids is 3. The summed E-state index contributed by atoms with van der Waals surface area (Å²) in [4.78, 5) is 48.0. The van der Waals surface area contributed by atoms with E-state index < -0.39 is 36.3 Å². The molecule has 216 valence electrons. The molecular formula is C29H24ClF3N6O3. The zero-order chi connectivity index (χ0) is 30.0. The van der Waals surface area contributed by atoms with Crippen LogP contribution in [0.1, 0.15) is 29.3 Å². The number of hydrogen-bond acceptors (Lipinski definition) is 6. The lowest BCUT2D eigenvalue weighted by Crippen LogP contribution is -2.46. The number of ketones is 1. The molecule has 13 heteroatoms. The lowest BCUT2D eigenvalue weighted by molar-refractivity contribution is -0.138. The van der Waals surface area contributed by atoms with Gasteiger partial charge in [0, 0.05) is 59.0 Å². The first-order valence-corrected chi connectivity index (χ1v) is 13.2. The molecule has 2 amide bonds. The van der Waals surface area contributed by atoms with Gasteiger partial charge in [0.1, 0.15) is 24.7 Å². The molecule has 0 aliphatic carbocycles. The Balaban J connectivity index is 1.38. The van der Waals surface area contributed by atoms with E-state index in [0.717, 1.165) is 4.90 Å². The van der Waals surface area contributed by atoms with Gasteiger partial charge in [-0.3, -0.25) is 14.4 Å². The van der Waals surface area contributed by atoms with Gasteiger partial charge in [-0.1, -0.05) is 23.7 Å². The number of halogens is 4. The quantitative estimate of drug-likeness (QED) is 0.269. The van der Waals surface area contributed by atoms with Crippen LogP contribution >= 0.6 is 11.6 Å². The van der Waals surface area contributed by atoms with Crippen LogP contribution < -0.4 is 10.6 Å². The van der Waals surface area contributed by atoms with Gasteiger partial charge in [-0.15, -0.1) is 0 Å². The molecule has 42 heavy (non-hydrogen) atoms. The summed E-state index contributed by atoms with van der Waals surface area (Å²) < 4.78 is 43.0. The summed E-state index contributed by atoms with van der Waals surface area (Å²) in [5, 5.41) is 6.13. The van der Waals surface area contributed by atoms with Crippen molar-refractivity contribution in [1.82, 2.24) is 24.8 Å². The number of rotatable bonds is 8. The molecule has 0 unspecified atom stereocenters. The third-order valence-corrected chi connectivity index (χ3v) is 7.26. The van der Waals surface area contributed by atoms with E-state index in [0.29, 0.717) is 27.8 Å². The highest BCUT2D eigenvalue weighted by Gasteiger charge is 2.38. The minimum Gasteiger partial charge on any atom is -0.353 e. The lowest BCUT2D eigenvalue weighted by Gasteiger charge is -2.24. The van der Waals surface area contributed by atoms with Gasteiger partial charge in [-0.2, -0.15) is 8.78 Å². The Morgan fingerprint density at radius 1 is 1.10 bits per heavy atom. The Hall–Kier alpha value is -4.71. The van der Waals surface area contributed by atoms with E-state index in [-0.39, 0.29) is 41.5 Å². The second-order valence-electron chi connectivity index (χ2n) is 9.75. The highest BCUT2D eigenvalue weighted by Crippen LogP contribution is 2.30. The highest BCUT2D eigenvalue weighted by atomic mass is 35.5. The minimum absolute atomic E-state index is 0.114. The number of anilines is 2. The van der Waals surface area contributed by atoms with Crippen LogP contribution in [0.15, 0.2) is 73.0 Å². The first-order valence-electron chi connectivity index (χ1n) is 12.8. The molecule has 9 nitrogen and oxygen atoms in total. The monoisotopic (exact) mass is 596 g/mol. The molecule has 1 aliphatic rings. The Bertz CT molecular complexity index is 1720. The Labute approximate surface area is 243 Å². The molecule has 1 atom stereocenters. The van der Waals surface area contributed by atoms with Crippen LogP contribution in [0.25, 0.3) is 10.9 Å². The number of nitrogens with zero attached hydrogens (tertiary/aromatic N) is 4. The topological polar surface area (TPSA) is 109 Å². The van der Waals surface area contributed by atoms with Crippen molar-refractivity contribution in [3.63, 3.8) is 0 Å². The standard InChI is InChI=1S/C29H24ClF3N6O3/c1-16(40)22-13-38(24-6-5-19(8-21(22)24)37-20-10-34-15-35-11-20)14-26(41)39-12-18(28(32)33)7-25(39)29(42)36-9-17-3-2-4-23(30)27(17)31/h2-6,8,10-11,13,15,25,37H,7,9,12,14H2,1H3,(H,36,42)/t25-/m0/s1. The first kappa shape index (κ1) is 28.8. The summed E-state index contributed by atoms with van der Waals surface area (Å²) in [5.74, 6) is -2.24. The largest absolute Gasteiger partial charge is 0.353 e. The molecule has 2 N–H and O–H groups in total. The van der Waals surface area contributed by atoms with Crippen molar-refractivity contribution < 1.29 is 27.6 Å². The molecule has 3 heterocycles. The Morgan fingerprint density at radius 3 is 2.57 bits per heavy atom. The molecule has 1 saturated heterocycles. The fraction of sp³-hybridized carbons (Fsp3) is 0.207.